The minimum atomic E-state index is -0.489. The third-order valence-corrected chi connectivity index (χ3v) is 2.84. The van der Waals surface area contributed by atoms with E-state index in [1.165, 1.54) is 0 Å². The highest BCUT2D eigenvalue weighted by molar-refractivity contribution is 5.77. The summed E-state index contributed by atoms with van der Waals surface area (Å²) in [6, 6.07) is 7.11. The first-order valence-corrected chi connectivity index (χ1v) is 6.27. The zero-order chi connectivity index (χ0) is 13.5. The van der Waals surface area contributed by atoms with Crippen LogP contribution in [0.4, 0.5) is 0 Å². The molecule has 0 saturated carbocycles. The quantitative estimate of drug-likeness (QED) is 0.841. The van der Waals surface area contributed by atoms with Crippen LogP contribution in [0, 0.1) is 0 Å². The van der Waals surface area contributed by atoms with Crippen molar-refractivity contribution in [3.8, 4) is 5.75 Å². The molecule has 0 spiro atoms. The SMILES string of the molecule is CCN(CC)C(=O)COc1ccc(C(C)O)cc1. The number of rotatable bonds is 6. The molecular formula is C14H21NO3. The number of aliphatic hydroxyl groups is 1. The molecule has 0 fully saturated rings. The molecule has 1 atom stereocenters. The molecule has 0 saturated heterocycles. The second-order valence-electron chi connectivity index (χ2n) is 4.10. The minimum absolute atomic E-state index is 0.0143. The Morgan fingerprint density at radius 2 is 1.83 bits per heavy atom. The van der Waals surface area contributed by atoms with E-state index in [1.54, 1.807) is 36.1 Å². The Morgan fingerprint density at radius 3 is 2.28 bits per heavy atom. The monoisotopic (exact) mass is 251 g/mol. The fraction of sp³-hybridized carbons (Fsp3) is 0.500. The number of hydrogen-bond donors (Lipinski definition) is 1. The summed E-state index contributed by atoms with van der Waals surface area (Å²) < 4.78 is 5.41. The minimum Gasteiger partial charge on any atom is -0.484 e. The van der Waals surface area contributed by atoms with E-state index in [0.29, 0.717) is 18.8 Å². The van der Waals surface area contributed by atoms with E-state index in [-0.39, 0.29) is 12.5 Å². The highest BCUT2D eigenvalue weighted by Crippen LogP contribution is 2.17. The number of aliphatic hydroxyl groups excluding tert-OH is 1. The maximum absolute atomic E-state index is 11.7. The lowest BCUT2D eigenvalue weighted by molar-refractivity contribution is -0.132. The number of ether oxygens (including phenoxy) is 1. The van der Waals surface area contributed by atoms with Crippen molar-refractivity contribution in [1.82, 2.24) is 4.90 Å². The molecule has 1 unspecified atom stereocenters. The number of benzene rings is 1. The molecule has 0 radical (unpaired) electrons. The summed E-state index contributed by atoms with van der Waals surface area (Å²) >= 11 is 0. The van der Waals surface area contributed by atoms with Crippen molar-refractivity contribution in [2.75, 3.05) is 19.7 Å². The molecule has 4 nitrogen and oxygen atoms in total. The summed E-state index contributed by atoms with van der Waals surface area (Å²) in [5, 5.41) is 9.37. The Kier molecular flexibility index (Phi) is 5.65. The third-order valence-electron chi connectivity index (χ3n) is 2.84. The standard InChI is InChI=1S/C14H21NO3/c1-4-15(5-2)14(17)10-18-13-8-6-12(7-9-13)11(3)16/h6-9,11,16H,4-5,10H2,1-3H3. The number of carbonyl (C=O) groups is 1. The summed E-state index contributed by atoms with van der Waals surface area (Å²) in [4.78, 5) is 13.4. The Balaban J connectivity index is 2.51. The van der Waals surface area contributed by atoms with Crippen LogP contribution in [0.5, 0.6) is 5.75 Å². The molecule has 100 valence electrons. The molecule has 18 heavy (non-hydrogen) atoms. The van der Waals surface area contributed by atoms with Crippen LogP contribution in [0.15, 0.2) is 24.3 Å². The predicted molar refractivity (Wildman–Crippen MR) is 70.5 cm³/mol. The summed E-state index contributed by atoms with van der Waals surface area (Å²) in [5.41, 5.74) is 0.831. The van der Waals surface area contributed by atoms with Gasteiger partial charge in [0.2, 0.25) is 0 Å². The topological polar surface area (TPSA) is 49.8 Å². The zero-order valence-corrected chi connectivity index (χ0v) is 11.2. The van der Waals surface area contributed by atoms with Gasteiger partial charge in [-0.2, -0.15) is 0 Å². The van der Waals surface area contributed by atoms with Crippen molar-refractivity contribution < 1.29 is 14.6 Å². The average molecular weight is 251 g/mol. The average Bonchev–Trinajstić information content (AvgIpc) is 2.38. The van der Waals surface area contributed by atoms with E-state index in [1.807, 2.05) is 13.8 Å². The normalized spacial score (nSPS) is 12.0. The van der Waals surface area contributed by atoms with Gasteiger partial charge in [0.1, 0.15) is 5.75 Å². The van der Waals surface area contributed by atoms with Gasteiger partial charge in [-0.15, -0.1) is 0 Å². The van der Waals surface area contributed by atoms with Gasteiger partial charge in [0.15, 0.2) is 6.61 Å². The summed E-state index contributed by atoms with van der Waals surface area (Å²) in [5.74, 6) is 0.625. The van der Waals surface area contributed by atoms with Gasteiger partial charge in [0.25, 0.3) is 5.91 Å². The molecule has 0 aromatic heterocycles. The number of likely N-dealkylation sites (N-methyl/N-ethyl adjacent to an activating group) is 1. The fourth-order valence-corrected chi connectivity index (χ4v) is 1.66. The van der Waals surface area contributed by atoms with Gasteiger partial charge in [-0.05, 0) is 38.5 Å². The van der Waals surface area contributed by atoms with Crippen LogP contribution in [0.25, 0.3) is 0 Å². The van der Waals surface area contributed by atoms with Crippen LogP contribution in [-0.2, 0) is 4.79 Å². The van der Waals surface area contributed by atoms with Crippen molar-refractivity contribution in [2.24, 2.45) is 0 Å². The number of nitrogens with zero attached hydrogens (tertiary/aromatic N) is 1. The van der Waals surface area contributed by atoms with Crippen molar-refractivity contribution in [3.63, 3.8) is 0 Å². The lowest BCUT2D eigenvalue weighted by atomic mass is 10.1. The van der Waals surface area contributed by atoms with Crippen LogP contribution in [0.2, 0.25) is 0 Å². The third kappa shape index (κ3) is 4.04. The number of carbonyl (C=O) groups excluding carboxylic acids is 1. The van der Waals surface area contributed by atoms with Gasteiger partial charge >= 0.3 is 0 Å². The van der Waals surface area contributed by atoms with E-state index < -0.39 is 6.10 Å². The van der Waals surface area contributed by atoms with E-state index in [4.69, 9.17) is 4.74 Å². The molecule has 0 heterocycles. The Morgan fingerprint density at radius 1 is 1.28 bits per heavy atom. The van der Waals surface area contributed by atoms with Gasteiger partial charge in [-0.1, -0.05) is 12.1 Å². The molecule has 0 bridgehead atoms. The molecule has 1 aromatic rings. The van der Waals surface area contributed by atoms with E-state index >= 15 is 0 Å². The van der Waals surface area contributed by atoms with Gasteiger partial charge < -0.3 is 14.7 Å². The fourth-order valence-electron chi connectivity index (χ4n) is 1.66. The second kappa shape index (κ2) is 7.01. The van der Waals surface area contributed by atoms with Crippen molar-refractivity contribution in [1.29, 1.82) is 0 Å². The smallest absolute Gasteiger partial charge is 0.260 e. The maximum atomic E-state index is 11.7. The van der Waals surface area contributed by atoms with Crippen LogP contribution in [0.3, 0.4) is 0 Å². The Labute approximate surface area is 108 Å². The zero-order valence-electron chi connectivity index (χ0n) is 11.2. The molecule has 1 amide bonds. The van der Waals surface area contributed by atoms with Crippen LogP contribution in [-0.4, -0.2) is 35.6 Å². The lowest BCUT2D eigenvalue weighted by Crippen LogP contribution is -2.34. The van der Waals surface area contributed by atoms with Crippen LogP contribution in [0.1, 0.15) is 32.4 Å². The van der Waals surface area contributed by atoms with Crippen molar-refractivity contribution >= 4 is 5.91 Å². The molecule has 1 aromatic carbocycles. The summed E-state index contributed by atoms with van der Waals surface area (Å²) in [6.07, 6.45) is -0.489. The van der Waals surface area contributed by atoms with Gasteiger partial charge in [0, 0.05) is 13.1 Å². The summed E-state index contributed by atoms with van der Waals surface area (Å²) in [6.45, 7) is 7.03. The second-order valence-corrected chi connectivity index (χ2v) is 4.10. The van der Waals surface area contributed by atoms with E-state index in [2.05, 4.69) is 0 Å². The first-order chi connectivity index (χ1) is 8.58. The molecule has 0 aliphatic heterocycles. The molecule has 1 rings (SSSR count). The number of hydrogen-bond acceptors (Lipinski definition) is 3. The maximum Gasteiger partial charge on any atom is 0.260 e. The Hall–Kier alpha value is -1.55. The molecule has 1 N–H and O–H groups in total. The molecule has 0 aliphatic rings. The van der Waals surface area contributed by atoms with E-state index in [0.717, 1.165) is 5.56 Å². The first kappa shape index (κ1) is 14.5. The highest BCUT2D eigenvalue weighted by Gasteiger charge is 2.10. The predicted octanol–water partition coefficient (Wildman–Crippen LogP) is 1.99. The largest absolute Gasteiger partial charge is 0.484 e. The van der Waals surface area contributed by atoms with Crippen LogP contribution >= 0.6 is 0 Å². The van der Waals surface area contributed by atoms with Crippen molar-refractivity contribution in [2.45, 2.75) is 26.9 Å². The van der Waals surface area contributed by atoms with Crippen LogP contribution < -0.4 is 4.74 Å². The molecule has 4 heteroatoms. The van der Waals surface area contributed by atoms with Gasteiger partial charge in [0.05, 0.1) is 6.10 Å². The van der Waals surface area contributed by atoms with Gasteiger partial charge in [-0.25, -0.2) is 0 Å². The number of amides is 1. The summed E-state index contributed by atoms with van der Waals surface area (Å²) in [7, 11) is 0. The van der Waals surface area contributed by atoms with Crippen molar-refractivity contribution in [3.05, 3.63) is 29.8 Å². The highest BCUT2D eigenvalue weighted by atomic mass is 16.5. The molecular weight excluding hydrogens is 230 g/mol. The first-order valence-electron chi connectivity index (χ1n) is 6.27. The Bertz CT molecular complexity index is 369. The molecule has 0 aliphatic carbocycles. The van der Waals surface area contributed by atoms with E-state index in [9.17, 15) is 9.90 Å². The lowest BCUT2D eigenvalue weighted by Gasteiger charge is -2.18. The van der Waals surface area contributed by atoms with Gasteiger partial charge in [-0.3, -0.25) is 4.79 Å².